The maximum absolute atomic E-state index is 12.8. The lowest BCUT2D eigenvalue weighted by Gasteiger charge is -2.19. The van der Waals surface area contributed by atoms with Crippen LogP contribution in [-0.2, 0) is 32.7 Å². The molecule has 0 amide bonds. The molecule has 0 fully saturated rings. The normalized spacial score (nSPS) is 12.8. The zero-order valence-corrected chi connectivity index (χ0v) is 60.9. The Morgan fingerprint density at radius 1 is 0.326 bits per heavy atom. The van der Waals surface area contributed by atoms with Gasteiger partial charge in [-0.25, -0.2) is 4.57 Å². The van der Waals surface area contributed by atoms with Crippen LogP contribution >= 0.6 is 7.82 Å². The van der Waals surface area contributed by atoms with Crippen molar-refractivity contribution in [3.05, 3.63) is 12.2 Å². The van der Waals surface area contributed by atoms with Gasteiger partial charge in [-0.1, -0.05) is 411 Å². The van der Waals surface area contributed by atoms with Crippen LogP contribution in [0.3, 0.4) is 0 Å². The summed E-state index contributed by atoms with van der Waals surface area (Å²) in [5.41, 5.74) is 5.42. The lowest BCUT2D eigenvalue weighted by molar-refractivity contribution is -0.161. The smallest absolute Gasteiger partial charge is 0.462 e. The Morgan fingerprint density at radius 3 is 0.798 bits per heavy atom. The van der Waals surface area contributed by atoms with Crippen molar-refractivity contribution in [2.24, 2.45) is 5.73 Å². The predicted molar refractivity (Wildman–Crippen MR) is 386 cm³/mol. The van der Waals surface area contributed by atoms with Gasteiger partial charge in [0, 0.05) is 19.4 Å². The van der Waals surface area contributed by atoms with E-state index in [4.69, 9.17) is 24.3 Å². The van der Waals surface area contributed by atoms with E-state index in [0.29, 0.717) is 6.42 Å². The fraction of sp³-hybridized carbons (Fsp3) is 0.949. The van der Waals surface area contributed by atoms with E-state index < -0.39 is 26.5 Å². The van der Waals surface area contributed by atoms with Gasteiger partial charge in [0.2, 0.25) is 0 Å². The summed E-state index contributed by atoms with van der Waals surface area (Å²) in [6.45, 7) is 3.85. The highest BCUT2D eigenvalue weighted by atomic mass is 31.2. The number of ether oxygens (including phenoxy) is 2. The maximum atomic E-state index is 12.8. The molecule has 0 aliphatic carbocycles. The highest BCUT2D eigenvalue weighted by molar-refractivity contribution is 7.47. The standard InChI is InChI=1S/C79H156NO8P/c1-3-5-7-9-11-13-15-17-19-21-23-25-27-29-31-33-34-35-36-37-38-39-40-41-42-44-46-48-50-52-54-56-58-60-62-64-66-68-70-72-79(82)88-77(76-87-89(83,84)86-74-73-80)75-85-78(81)71-69-67-65-63-61-59-57-55-53-51-49-47-45-43-32-30-28-26-24-22-20-18-16-14-12-10-8-6-4-2/h21,23,77H,3-20,22,24-76,80H2,1-2H3,(H,83,84)/b23-21-. The summed E-state index contributed by atoms with van der Waals surface area (Å²) >= 11 is 0. The Balaban J connectivity index is 3.72. The third kappa shape index (κ3) is 75.7. The molecule has 0 aliphatic heterocycles. The van der Waals surface area contributed by atoms with Gasteiger partial charge in [0.15, 0.2) is 6.10 Å². The second-order valence-electron chi connectivity index (χ2n) is 27.7. The van der Waals surface area contributed by atoms with E-state index in [0.717, 1.165) is 32.1 Å². The number of phosphoric acid groups is 1. The van der Waals surface area contributed by atoms with Crippen molar-refractivity contribution >= 4 is 19.8 Å². The van der Waals surface area contributed by atoms with Crippen LogP contribution in [0.25, 0.3) is 0 Å². The minimum Gasteiger partial charge on any atom is -0.462 e. The molecule has 0 rings (SSSR count). The molecule has 0 saturated carbocycles. The second-order valence-corrected chi connectivity index (χ2v) is 29.1. The zero-order chi connectivity index (χ0) is 64.4. The van der Waals surface area contributed by atoms with Crippen LogP contribution in [0, 0.1) is 0 Å². The van der Waals surface area contributed by atoms with Gasteiger partial charge >= 0.3 is 19.8 Å². The first kappa shape index (κ1) is 87.8. The first-order chi connectivity index (χ1) is 43.8. The van der Waals surface area contributed by atoms with E-state index in [-0.39, 0.29) is 38.6 Å². The summed E-state index contributed by atoms with van der Waals surface area (Å²) in [7, 11) is -4.39. The molecule has 0 saturated heterocycles. The molecule has 3 N–H and O–H groups in total. The summed E-state index contributed by atoms with van der Waals surface area (Å²) in [5.74, 6) is -0.796. The molecule has 530 valence electrons. The minimum absolute atomic E-state index is 0.0583. The second kappa shape index (κ2) is 75.8. The maximum Gasteiger partial charge on any atom is 0.472 e. The first-order valence-electron chi connectivity index (χ1n) is 40.2. The van der Waals surface area contributed by atoms with Gasteiger partial charge in [0.25, 0.3) is 0 Å². The van der Waals surface area contributed by atoms with Crippen LogP contribution in [-0.4, -0.2) is 49.3 Å². The van der Waals surface area contributed by atoms with E-state index in [9.17, 15) is 19.0 Å². The molecule has 9 nitrogen and oxygen atoms in total. The van der Waals surface area contributed by atoms with Crippen molar-refractivity contribution in [1.82, 2.24) is 0 Å². The SMILES string of the molecule is CCCCCCCCCC/C=C\CCCCCCCCCCCCCCCCCCCCCCCCCCCCCC(=O)OC(COC(=O)CCCCCCCCCCCCCCCCCCCCCCCCCCCCCCC)COP(=O)(O)OCCN. The highest BCUT2D eigenvalue weighted by Gasteiger charge is 2.26. The van der Waals surface area contributed by atoms with Crippen molar-refractivity contribution in [2.45, 2.75) is 457 Å². The van der Waals surface area contributed by atoms with Gasteiger partial charge in [-0.15, -0.1) is 0 Å². The number of nitrogens with two attached hydrogens (primary N) is 1. The summed E-state index contributed by atoms with van der Waals surface area (Å²) < 4.78 is 33.3. The molecule has 2 unspecified atom stereocenters. The molecule has 89 heavy (non-hydrogen) atoms. The third-order valence-corrected chi connectivity index (χ3v) is 19.6. The number of hydrogen-bond acceptors (Lipinski definition) is 8. The van der Waals surface area contributed by atoms with Gasteiger partial charge < -0.3 is 20.1 Å². The van der Waals surface area contributed by atoms with Crippen molar-refractivity contribution < 1.29 is 37.6 Å². The summed E-state index contributed by atoms with van der Waals surface area (Å²) in [4.78, 5) is 35.4. The van der Waals surface area contributed by atoms with Gasteiger partial charge in [-0.2, -0.15) is 0 Å². The van der Waals surface area contributed by atoms with Gasteiger partial charge in [0.1, 0.15) is 6.61 Å². The molecular weight excluding hydrogens is 1120 g/mol. The minimum atomic E-state index is -4.39. The molecule has 2 atom stereocenters. The van der Waals surface area contributed by atoms with E-state index in [2.05, 4.69) is 26.0 Å². The molecular formula is C79H156NO8P. The average Bonchev–Trinajstić information content (AvgIpc) is 3.68. The molecule has 0 heterocycles. The molecule has 0 aromatic rings. The summed E-state index contributed by atoms with van der Waals surface area (Å²) in [6, 6.07) is 0. The van der Waals surface area contributed by atoms with Gasteiger partial charge in [-0.05, 0) is 38.5 Å². The number of allylic oxidation sites excluding steroid dienone is 2. The quantitative estimate of drug-likeness (QED) is 0.0264. The Morgan fingerprint density at radius 2 is 0.551 bits per heavy atom. The summed E-state index contributed by atoms with van der Waals surface area (Å²) in [6.07, 6.45) is 93.7. The van der Waals surface area contributed by atoms with Crippen LogP contribution in [0.4, 0.5) is 0 Å². The van der Waals surface area contributed by atoms with Crippen LogP contribution in [0.15, 0.2) is 12.2 Å². The number of phosphoric ester groups is 1. The van der Waals surface area contributed by atoms with E-state index >= 15 is 0 Å². The fourth-order valence-corrected chi connectivity index (χ4v) is 13.5. The van der Waals surface area contributed by atoms with Gasteiger partial charge in [0.05, 0.1) is 13.2 Å². The Hall–Kier alpha value is -1.25. The number of rotatable bonds is 78. The lowest BCUT2D eigenvalue weighted by atomic mass is 10.0. The van der Waals surface area contributed by atoms with E-state index in [1.165, 1.54) is 385 Å². The molecule has 0 spiro atoms. The Labute approximate surface area is 555 Å². The molecule has 0 aliphatic rings. The summed E-state index contributed by atoms with van der Waals surface area (Å²) in [5, 5.41) is 0. The average molecular weight is 1280 g/mol. The van der Waals surface area contributed by atoms with Crippen molar-refractivity contribution in [3.63, 3.8) is 0 Å². The topological polar surface area (TPSA) is 134 Å². The van der Waals surface area contributed by atoms with Crippen LogP contribution in [0.1, 0.15) is 450 Å². The van der Waals surface area contributed by atoms with E-state index in [1.54, 1.807) is 0 Å². The molecule has 0 aromatic heterocycles. The molecule has 0 aromatic carbocycles. The molecule has 10 heteroatoms. The largest absolute Gasteiger partial charge is 0.472 e. The predicted octanol–water partition coefficient (Wildman–Crippen LogP) is 26.7. The van der Waals surface area contributed by atoms with E-state index in [1.807, 2.05) is 0 Å². The van der Waals surface area contributed by atoms with Gasteiger partial charge in [-0.3, -0.25) is 18.6 Å². The van der Waals surface area contributed by atoms with Crippen LogP contribution in [0.5, 0.6) is 0 Å². The van der Waals surface area contributed by atoms with Crippen LogP contribution < -0.4 is 5.73 Å². The lowest BCUT2D eigenvalue weighted by Crippen LogP contribution is -2.29. The molecule has 0 radical (unpaired) electrons. The fourth-order valence-electron chi connectivity index (χ4n) is 12.7. The number of esters is 2. The molecule has 0 bridgehead atoms. The highest BCUT2D eigenvalue weighted by Crippen LogP contribution is 2.43. The Kier molecular flexibility index (Phi) is 74.7. The van der Waals surface area contributed by atoms with Crippen molar-refractivity contribution in [3.8, 4) is 0 Å². The van der Waals surface area contributed by atoms with Crippen molar-refractivity contribution in [1.29, 1.82) is 0 Å². The number of carbonyl (C=O) groups excluding carboxylic acids is 2. The number of carbonyl (C=O) groups is 2. The zero-order valence-electron chi connectivity index (χ0n) is 60.0. The number of unbranched alkanes of at least 4 members (excludes halogenated alkanes) is 63. The first-order valence-corrected chi connectivity index (χ1v) is 41.7. The third-order valence-electron chi connectivity index (χ3n) is 18.7. The van der Waals surface area contributed by atoms with Crippen molar-refractivity contribution in [2.75, 3.05) is 26.4 Å². The number of hydrogen-bond donors (Lipinski definition) is 2. The Bertz CT molecular complexity index is 1460. The van der Waals surface area contributed by atoms with Crippen LogP contribution in [0.2, 0.25) is 0 Å². The monoisotopic (exact) mass is 1280 g/mol.